The summed E-state index contributed by atoms with van der Waals surface area (Å²) in [4.78, 5) is 2.25. The lowest BCUT2D eigenvalue weighted by atomic mass is 10.1. The monoisotopic (exact) mass is 159 g/mol. The zero-order valence-corrected chi connectivity index (χ0v) is 7.12. The van der Waals surface area contributed by atoms with E-state index in [1.165, 1.54) is 12.8 Å². The molecule has 1 heterocycles. The zero-order valence-electron chi connectivity index (χ0n) is 7.12. The van der Waals surface area contributed by atoms with Crippen molar-refractivity contribution in [1.29, 1.82) is 0 Å². The van der Waals surface area contributed by atoms with Gasteiger partial charge in [0, 0.05) is 20.2 Å². The smallest absolute Gasteiger partial charge is 0.0698 e. The molecular weight excluding hydrogens is 142 g/mol. The van der Waals surface area contributed by atoms with Crippen LogP contribution in [0.4, 0.5) is 0 Å². The van der Waals surface area contributed by atoms with Crippen molar-refractivity contribution in [2.45, 2.75) is 18.9 Å². The van der Waals surface area contributed by atoms with Gasteiger partial charge < -0.3 is 9.84 Å². The molecule has 3 nitrogen and oxygen atoms in total. The van der Waals surface area contributed by atoms with E-state index in [-0.39, 0.29) is 6.61 Å². The van der Waals surface area contributed by atoms with Crippen LogP contribution in [0.1, 0.15) is 12.8 Å². The number of ether oxygens (including phenoxy) is 1. The van der Waals surface area contributed by atoms with Crippen molar-refractivity contribution in [2.24, 2.45) is 0 Å². The summed E-state index contributed by atoms with van der Waals surface area (Å²) < 4.78 is 5.24. The van der Waals surface area contributed by atoms with E-state index in [9.17, 15) is 0 Å². The molecule has 0 aliphatic carbocycles. The van der Waals surface area contributed by atoms with E-state index in [0.29, 0.717) is 6.10 Å². The molecule has 0 aromatic carbocycles. The van der Waals surface area contributed by atoms with E-state index in [0.717, 1.165) is 19.6 Å². The van der Waals surface area contributed by atoms with Crippen molar-refractivity contribution in [3.63, 3.8) is 0 Å². The van der Waals surface area contributed by atoms with Gasteiger partial charge in [-0.1, -0.05) is 0 Å². The molecule has 0 radical (unpaired) electrons. The van der Waals surface area contributed by atoms with Crippen LogP contribution in [0.3, 0.4) is 0 Å². The van der Waals surface area contributed by atoms with E-state index < -0.39 is 0 Å². The third-order valence-electron chi connectivity index (χ3n) is 2.21. The number of β-amino-alcohol motifs (C(OH)–C–C–N with tert-alkyl or cyclic N) is 1. The normalized spacial score (nSPS) is 27.3. The zero-order chi connectivity index (χ0) is 8.10. The maximum Gasteiger partial charge on any atom is 0.0698 e. The number of methoxy groups -OCH3 is 1. The number of aliphatic hydroxyl groups excluding tert-OH is 1. The van der Waals surface area contributed by atoms with Gasteiger partial charge in [0.25, 0.3) is 0 Å². The van der Waals surface area contributed by atoms with Gasteiger partial charge >= 0.3 is 0 Å². The van der Waals surface area contributed by atoms with Gasteiger partial charge in [-0.2, -0.15) is 0 Å². The maximum absolute atomic E-state index is 8.69. The lowest BCUT2D eigenvalue weighted by Crippen LogP contribution is -2.40. The van der Waals surface area contributed by atoms with Gasteiger partial charge in [0.05, 0.1) is 12.7 Å². The van der Waals surface area contributed by atoms with Crippen LogP contribution in [0, 0.1) is 0 Å². The van der Waals surface area contributed by atoms with E-state index in [1.807, 2.05) is 0 Å². The second kappa shape index (κ2) is 4.70. The highest BCUT2D eigenvalue weighted by Crippen LogP contribution is 2.11. The van der Waals surface area contributed by atoms with Crippen LogP contribution in [0.5, 0.6) is 0 Å². The van der Waals surface area contributed by atoms with Crippen molar-refractivity contribution in [2.75, 3.05) is 33.4 Å². The molecule has 0 saturated carbocycles. The molecule has 0 amide bonds. The summed E-state index contributed by atoms with van der Waals surface area (Å²) in [7, 11) is 1.76. The van der Waals surface area contributed by atoms with Gasteiger partial charge in [-0.25, -0.2) is 0 Å². The lowest BCUT2D eigenvalue weighted by molar-refractivity contribution is 0.0259. The van der Waals surface area contributed by atoms with Gasteiger partial charge in [0.1, 0.15) is 0 Å². The molecule has 1 aliphatic heterocycles. The maximum atomic E-state index is 8.69. The fourth-order valence-electron chi connectivity index (χ4n) is 1.55. The number of hydrogen-bond donors (Lipinski definition) is 1. The lowest BCUT2D eigenvalue weighted by Gasteiger charge is -2.31. The molecule has 1 N–H and O–H groups in total. The molecule has 0 unspecified atom stereocenters. The largest absolute Gasteiger partial charge is 0.395 e. The fourth-order valence-corrected chi connectivity index (χ4v) is 1.55. The topological polar surface area (TPSA) is 32.7 Å². The Kier molecular flexibility index (Phi) is 3.83. The summed E-state index contributed by atoms with van der Waals surface area (Å²) in [5.74, 6) is 0. The number of rotatable bonds is 3. The van der Waals surface area contributed by atoms with Crippen molar-refractivity contribution < 1.29 is 9.84 Å². The first-order chi connectivity index (χ1) is 5.36. The first kappa shape index (κ1) is 8.97. The Morgan fingerprint density at radius 3 is 3.09 bits per heavy atom. The SMILES string of the molecule is CO[C@H]1CCCN(CCO)C1. The van der Waals surface area contributed by atoms with E-state index in [2.05, 4.69) is 4.90 Å². The molecule has 0 aromatic heterocycles. The van der Waals surface area contributed by atoms with Crippen LogP contribution >= 0.6 is 0 Å². The van der Waals surface area contributed by atoms with Gasteiger partial charge in [-0.05, 0) is 19.4 Å². The van der Waals surface area contributed by atoms with Gasteiger partial charge in [-0.15, -0.1) is 0 Å². The minimum atomic E-state index is 0.260. The molecule has 0 spiro atoms. The van der Waals surface area contributed by atoms with Gasteiger partial charge in [0.2, 0.25) is 0 Å². The molecule has 0 aromatic rings. The Hall–Kier alpha value is -0.120. The molecule has 1 aliphatic rings. The Balaban J connectivity index is 2.21. The van der Waals surface area contributed by atoms with E-state index in [4.69, 9.17) is 9.84 Å². The predicted octanol–water partition coefficient (Wildman–Crippen LogP) is 0.0895. The summed E-state index contributed by atoms with van der Waals surface area (Å²) in [5, 5.41) is 8.69. The second-order valence-electron chi connectivity index (χ2n) is 3.02. The number of aliphatic hydroxyl groups is 1. The highest BCUT2D eigenvalue weighted by atomic mass is 16.5. The Bertz CT molecular complexity index is 106. The molecule has 3 heteroatoms. The third-order valence-corrected chi connectivity index (χ3v) is 2.21. The minimum absolute atomic E-state index is 0.260. The van der Waals surface area contributed by atoms with Crippen LogP contribution in [0.25, 0.3) is 0 Å². The van der Waals surface area contributed by atoms with Crippen LogP contribution < -0.4 is 0 Å². The van der Waals surface area contributed by atoms with E-state index >= 15 is 0 Å². The molecular formula is C8H17NO2. The predicted molar refractivity (Wildman–Crippen MR) is 43.6 cm³/mol. The first-order valence-electron chi connectivity index (χ1n) is 4.23. The summed E-state index contributed by atoms with van der Waals surface area (Å²) in [6.45, 7) is 3.15. The number of likely N-dealkylation sites (tertiary alicyclic amines) is 1. The van der Waals surface area contributed by atoms with E-state index in [1.54, 1.807) is 7.11 Å². The summed E-state index contributed by atoms with van der Waals surface area (Å²) in [6.07, 6.45) is 2.74. The average molecular weight is 159 g/mol. The molecule has 66 valence electrons. The Morgan fingerprint density at radius 1 is 1.64 bits per heavy atom. The second-order valence-corrected chi connectivity index (χ2v) is 3.02. The minimum Gasteiger partial charge on any atom is -0.395 e. The third kappa shape index (κ3) is 2.77. The summed E-state index contributed by atoms with van der Waals surface area (Å²) in [5.41, 5.74) is 0. The summed E-state index contributed by atoms with van der Waals surface area (Å²) in [6, 6.07) is 0. The molecule has 11 heavy (non-hydrogen) atoms. The summed E-state index contributed by atoms with van der Waals surface area (Å²) >= 11 is 0. The Labute approximate surface area is 68.0 Å². The molecule has 1 fully saturated rings. The van der Waals surface area contributed by atoms with Crippen LogP contribution in [0.15, 0.2) is 0 Å². The van der Waals surface area contributed by atoms with Crippen molar-refractivity contribution in [3.8, 4) is 0 Å². The molecule has 1 atom stereocenters. The standard InChI is InChI=1S/C8H17NO2/c1-11-8-3-2-4-9(7-8)5-6-10/h8,10H,2-7H2,1H3/t8-/m0/s1. The fraction of sp³-hybridized carbons (Fsp3) is 1.00. The van der Waals surface area contributed by atoms with Crippen LogP contribution in [-0.4, -0.2) is 49.5 Å². The molecule has 1 rings (SSSR count). The highest BCUT2D eigenvalue weighted by molar-refractivity contribution is 4.72. The van der Waals surface area contributed by atoms with Crippen LogP contribution in [-0.2, 0) is 4.74 Å². The van der Waals surface area contributed by atoms with Gasteiger partial charge in [0.15, 0.2) is 0 Å². The average Bonchev–Trinajstić information content (AvgIpc) is 2.06. The highest BCUT2D eigenvalue weighted by Gasteiger charge is 2.18. The van der Waals surface area contributed by atoms with Crippen molar-refractivity contribution >= 4 is 0 Å². The van der Waals surface area contributed by atoms with Crippen molar-refractivity contribution in [3.05, 3.63) is 0 Å². The van der Waals surface area contributed by atoms with Gasteiger partial charge in [-0.3, -0.25) is 4.90 Å². The number of hydrogen-bond acceptors (Lipinski definition) is 3. The van der Waals surface area contributed by atoms with Crippen molar-refractivity contribution in [1.82, 2.24) is 4.90 Å². The number of nitrogens with zero attached hydrogens (tertiary/aromatic N) is 1. The van der Waals surface area contributed by atoms with Crippen LogP contribution in [0.2, 0.25) is 0 Å². The Morgan fingerprint density at radius 2 is 2.45 bits per heavy atom. The first-order valence-corrected chi connectivity index (χ1v) is 4.23. The quantitative estimate of drug-likeness (QED) is 0.633. The number of piperidine rings is 1. The molecule has 1 saturated heterocycles. The molecule has 0 bridgehead atoms.